The van der Waals surface area contributed by atoms with Crippen molar-refractivity contribution in [3.8, 4) is 11.1 Å². The number of carbonyl (C=O) groups excluding carboxylic acids is 2. The van der Waals surface area contributed by atoms with Gasteiger partial charge in [-0.25, -0.2) is 0 Å². The van der Waals surface area contributed by atoms with E-state index in [-0.39, 0.29) is 17.7 Å². The van der Waals surface area contributed by atoms with Crippen molar-refractivity contribution in [3.63, 3.8) is 0 Å². The van der Waals surface area contributed by atoms with Gasteiger partial charge in [-0.1, -0.05) is 61.7 Å². The van der Waals surface area contributed by atoms with Crippen molar-refractivity contribution >= 4 is 11.8 Å². The molecule has 4 nitrogen and oxygen atoms in total. The third-order valence-electron chi connectivity index (χ3n) is 6.68. The van der Waals surface area contributed by atoms with E-state index in [1.165, 1.54) is 19.3 Å². The minimum atomic E-state index is 0.110. The van der Waals surface area contributed by atoms with Crippen LogP contribution in [0.3, 0.4) is 0 Å². The van der Waals surface area contributed by atoms with Gasteiger partial charge in [0, 0.05) is 31.1 Å². The maximum absolute atomic E-state index is 12.9. The highest BCUT2D eigenvalue weighted by Gasteiger charge is 2.25. The van der Waals surface area contributed by atoms with Gasteiger partial charge < -0.3 is 10.2 Å². The van der Waals surface area contributed by atoms with Gasteiger partial charge >= 0.3 is 0 Å². The molecule has 0 spiro atoms. The van der Waals surface area contributed by atoms with E-state index in [0.717, 1.165) is 62.0 Å². The van der Waals surface area contributed by atoms with Crippen molar-refractivity contribution in [2.75, 3.05) is 19.6 Å². The highest BCUT2D eigenvalue weighted by Crippen LogP contribution is 2.25. The fourth-order valence-electron chi connectivity index (χ4n) is 4.71. The van der Waals surface area contributed by atoms with E-state index in [1.54, 1.807) is 0 Å². The highest BCUT2D eigenvalue weighted by atomic mass is 16.2. The average Bonchev–Trinajstić information content (AvgIpc) is 2.83. The van der Waals surface area contributed by atoms with Gasteiger partial charge in [0.15, 0.2) is 0 Å². The standard InChI is InChI=1S/C26H32N2O2/c29-25(23-9-5-2-6-10-23)27-19-20-15-17-28(18-16-20)26(30)24-13-11-22(12-14-24)21-7-3-1-4-8-21/h1,3-4,7-8,11-14,20,23H,2,5-6,9-10,15-19H2,(H,27,29). The fraction of sp³-hybridized carbons (Fsp3) is 0.462. The Kier molecular flexibility index (Phi) is 6.83. The van der Waals surface area contributed by atoms with E-state index in [9.17, 15) is 9.59 Å². The molecule has 2 aromatic rings. The van der Waals surface area contributed by atoms with Crippen LogP contribution >= 0.6 is 0 Å². The van der Waals surface area contributed by atoms with E-state index in [1.807, 2.05) is 47.4 Å². The molecule has 0 atom stereocenters. The molecule has 1 aliphatic heterocycles. The Balaban J connectivity index is 1.24. The molecule has 30 heavy (non-hydrogen) atoms. The molecular weight excluding hydrogens is 372 g/mol. The predicted octanol–water partition coefficient (Wildman–Crippen LogP) is 4.90. The monoisotopic (exact) mass is 404 g/mol. The van der Waals surface area contributed by atoms with Gasteiger partial charge in [0.05, 0.1) is 0 Å². The molecule has 1 N–H and O–H groups in total. The Morgan fingerprint density at radius 2 is 1.43 bits per heavy atom. The molecule has 4 heteroatoms. The molecule has 158 valence electrons. The summed E-state index contributed by atoms with van der Waals surface area (Å²) in [5.74, 6) is 1.05. The van der Waals surface area contributed by atoms with Crippen molar-refractivity contribution in [1.29, 1.82) is 0 Å². The minimum Gasteiger partial charge on any atom is -0.356 e. The fourth-order valence-corrected chi connectivity index (χ4v) is 4.71. The Morgan fingerprint density at radius 3 is 2.10 bits per heavy atom. The molecule has 2 aromatic carbocycles. The third-order valence-corrected chi connectivity index (χ3v) is 6.68. The lowest BCUT2D eigenvalue weighted by Crippen LogP contribution is -2.42. The molecule has 2 fully saturated rings. The first-order valence-corrected chi connectivity index (χ1v) is 11.4. The number of nitrogens with zero attached hydrogens (tertiary/aromatic N) is 1. The normalized spacial score (nSPS) is 18.2. The van der Waals surface area contributed by atoms with E-state index in [2.05, 4.69) is 17.4 Å². The predicted molar refractivity (Wildman–Crippen MR) is 120 cm³/mol. The van der Waals surface area contributed by atoms with Crippen LogP contribution in [0.4, 0.5) is 0 Å². The zero-order valence-corrected chi connectivity index (χ0v) is 17.7. The largest absolute Gasteiger partial charge is 0.356 e. The summed E-state index contributed by atoms with van der Waals surface area (Å²) in [5.41, 5.74) is 3.03. The van der Waals surface area contributed by atoms with Gasteiger partial charge in [-0.15, -0.1) is 0 Å². The van der Waals surface area contributed by atoms with Crippen LogP contribution in [0.25, 0.3) is 11.1 Å². The Hall–Kier alpha value is -2.62. The topological polar surface area (TPSA) is 49.4 Å². The van der Waals surface area contributed by atoms with Crippen molar-refractivity contribution < 1.29 is 9.59 Å². The molecular formula is C26H32N2O2. The van der Waals surface area contributed by atoms with Gasteiger partial charge in [0.1, 0.15) is 0 Å². The zero-order chi connectivity index (χ0) is 20.8. The van der Waals surface area contributed by atoms with Gasteiger partial charge in [-0.3, -0.25) is 9.59 Å². The molecule has 0 bridgehead atoms. The molecule has 4 rings (SSSR count). The number of hydrogen-bond donors (Lipinski definition) is 1. The molecule has 2 aliphatic rings. The summed E-state index contributed by atoms with van der Waals surface area (Å²) in [6.07, 6.45) is 7.64. The van der Waals surface area contributed by atoms with Crippen LogP contribution in [0.5, 0.6) is 0 Å². The number of nitrogens with one attached hydrogen (secondary N) is 1. The van der Waals surface area contributed by atoms with Crippen LogP contribution in [-0.2, 0) is 4.79 Å². The Morgan fingerprint density at radius 1 is 0.800 bits per heavy atom. The van der Waals surface area contributed by atoms with Gasteiger partial charge in [-0.05, 0) is 54.9 Å². The molecule has 1 saturated heterocycles. The van der Waals surface area contributed by atoms with Crippen LogP contribution in [-0.4, -0.2) is 36.3 Å². The van der Waals surface area contributed by atoms with E-state index in [4.69, 9.17) is 0 Å². The maximum atomic E-state index is 12.9. The summed E-state index contributed by atoms with van der Waals surface area (Å²) in [5, 5.41) is 3.18. The lowest BCUT2D eigenvalue weighted by Gasteiger charge is -2.32. The van der Waals surface area contributed by atoms with E-state index >= 15 is 0 Å². The average molecular weight is 405 g/mol. The zero-order valence-electron chi connectivity index (χ0n) is 17.7. The number of hydrogen-bond acceptors (Lipinski definition) is 2. The molecule has 2 amide bonds. The minimum absolute atomic E-state index is 0.110. The van der Waals surface area contributed by atoms with Crippen molar-refractivity contribution in [1.82, 2.24) is 10.2 Å². The Labute approximate surface area is 179 Å². The lowest BCUT2D eigenvalue weighted by molar-refractivity contribution is -0.126. The maximum Gasteiger partial charge on any atom is 0.253 e. The SMILES string of the molecule is O=C(NCC1CCN(C(=O)c2ccc(-c3ccccc3)cc2)CC1)C1CCCCC1. The van der Waals surface area contributed by atoms with Gasteiger partial charge in [0.2, 0.25) is 5.91 Å². The van der Waals surface area contributed by atoms with Crippen LogP contribution in [0.15, 0.2) is 54.6 Å². The second-order valence-electron chi connectivity index (χ2n) is 8.76. The number of rotatable bonds is 5. The molecule has 0 aromatic heterocycles. The second kappa shape index (κ2) is 9.92. The highest BCUT2D eigenvalue weighted by molar-refractivity contribution is 5.94. The molecule has 1 heterocycles. The molecule has 0 unspecified atom stereocenters. The number of amides is 2. The number of benzene rings is 2. The van der Waals surface area contributed by atoms with E-state index in [0.29, 0.717) is 5.92 Å². The number of likely N-dealkylation sites (tertiary alicyclic amines) is 1. The molecule has 1 saturated carbocycles. The second-order valence-corrected chi connectivity index (χ2v) is 8.76. The summed E-state index contributed by atoms with van der Waals surface area (Å²) in [6.45, 7) is 2.29. The van der Waals surface area contributed by atoms with Gasteiger partial charge in [0.25, 0.3) is 5.91 Å². The summed E-state index contributed by atoms with van der Waals surface area (Å²) >= 11 is 0. The smallest absolute Gasteiger partial charge is 0.253 e. The summed E-state index contributed by atoms with van der Waals surface area (Å²) in [4.78, 5) is 27.2. The summed E-state index contributed by atoms with van der Waals surface area (Å²) in [6, 6.07) is 18.1. The van der Waals surface area contributed by atoms with Gasteiger partial charge in [-0.2, -0.15) is 0 Å². The first kappa shape index (κ1) is 20.6. The van der Waals surface area contributed by atoms with Crippen LogP contribution in [0.1, 0.15) is 55.3 Å². The molecule has 1 aliphatic carbocycles. The molecule has 0 radical (unpaired) electrons. The van der Waals surface area contributed by atoms with Crippen molar-refractivity contribution in [2.24, 2.45) is 11.8 Å². The first-order chi connectivity index (χ1) is 14.7. The number of carbonyl (C=O) groups is 2. The quantitative estimate of drug-likeness (QED) is 0.770. The van der Waals surface area contributed by atoms with Crippen LogP contribution in [0, 0.1) is 11.8 Å². The van der Waals surface area contributed by atoms with Crippen LogP contribution in [0.2, 0.25) is 0 Å². The van der Waals surface area contributed by atoms with Crippen molar-refractivity contribution in [2.45, 2.75) is 44.9 Å². The van der Waals surface area contributed by atoms with Crippen molar-refractivity contribution in [3.05, 3.63) is 60.2 Å². The summed E-state index contributed by atoms with van der Waals surface area (Å²) < 4.78 is 0. The van der Waals surface area contributed by atoms with E-state index < -0.39 is 0 Å². The summed E-state index contributed by atoms with van der Waals surface area (Å²) in [7, 11) is 0. The Bertz CT molecular complexity index is 833. The first-order valence-electron chi connectivity index (χ1n) is 11.4. The number of piperidine rings is 1. The van der Waals surface area contributed by atoms with Crippen LogP contribution < -0.4 is 5.32 Å². The third kappa shape index (κ3) is 5.10. The lowest BCUT2D eigenvalue weighted by atomic mass is 9.88.